The highest BCUT2D eigenvalue weighted by Gasteiger charge is 2.24. The van der Waals surface area contributed by atoms with Crippen molar-refractivity contribution in [3.8, 4) is 0 Å². The van der Waals surface area contributed by atoms with Gasteiger partial charge in [-0.15, -0.1) is 0 Å². The van der Waals surface area contributed by atoms with Crippen LogP contribution in [0.4, 0.5) is 0 Å². The summed E-state index contributed by atoms with van der Waals surface area (Å²) in [4.78, 5) is 4.54. The molecule has 0 radical (unpaired) electrons. The molecule has 19 heavy (non-hydrogen) atoms. The Morgan fingerprint density at radius 2 is 2.05 bits per heavy atom. The number of fused-ring (bicyclic) bond motifs is 1. The molecule has 2 nitrogen and oxygen atoms in total. The Kier molecular flexibility index (Phi) is 3.60. The zero-order chi connectivity index (χ0) is 13.1. The number of benzene rings is 1. The molecule has 3 rings (SSSR count). The van der Waals surface area contributed by atoms with Crippen molar-refractivity contribution in [3.63, 3.8) is 0 Å². The first-order valence-corrected chi connectivity index (χ1v) is 7.06. The second-order valence-electron chi connectivity index (χ2n) is 5.40. The molecule has 1 aliphatic rings. The van der Waals surface area contributed by atoms with E-state index in [1.807, 2.05) is 12.3 Å². The molecule has 2 aromatic rings. The van der Waals surface area contributed by atoms with Crippen molar-refractivity contribution in [1.82, 2.24) is 10.3 Å². The number of rotatable bonds is 4. The van der Waals surface area contributed by atoms with E-state index in [1.165, 1.54) is 23.2 Å². The molecule has 0 aliphatic heterocycles. The fraction of sp³-hybridized carbons (Fsp3) is 0.353. The number of pyridine rings is 1. The van der Waals surface area contributed by atoms with Gasteiger partial charge in [-0.2, -0.15) is 0 Å². The van der Waals surface area contributed by atoms with E-state index in [0.29, 0.717) is 12.1 Å². The van der Waals surface area contributed by atoms with E-state index in [1.54, 1.807) is 0 Å². The first kappa shape index (κ1) is 12.4. The first-order valence-electron chi connectivity index (χ1n) is 7.06. The van der Waals surface area contributed by atoms with E-state index < -0.39 is 0 Å². The zero-order valence-electron chi connectivity index (χ0n) is 11.3. The fourth-order valence-electron chi connectivity index (χ4n) is 2.94. The lowest BCUT2D eigenvalue weighted by Gasteiger charge is -2.19. The summed E-state index contributed by atoms with van der Waals surface area (Å²) in [5, 5.41) is 3.72. The molecule has 0 saturated carbocycles. The smallest absolute Gasteiger partial charge is 0.0605 e. The topological polar surface area (TPSA) is 24.9 Å². The first-order chi connectivity index (χ1) is 9.33. The van der Waals surface area contributed by atoms with Gasteiger partial charge in [0.15, 0.2) is 0 Å². The van der Waals surface area contributed by atoms with Gasteiger partial charge in [0.05, 0.1) is 11.7 Å². The maximum atomic E-state index is 4.54. The van der Waals surface area contributed by atoms with Gasteiger partial charge in [0.1, 0.15) is 0 Å². The minimum atomic E-state index is 0.426. The summed E-state index contributed by atoms with van der Waals surface area (Å²) in [5.41, 5.74) is 4.05. The van der Waals surface area contributed by atoms with Crippen LogP contribution in [0.5, 0.6) is 0 Å². The van der Waals surface area contributed by atoms with Crippen LogP contribution in [0, 0.1) is 0 Å². The molecule has 0 saturated heterocycles. The van der Waals surface area contributed by atoms with Crippen LogP contribution < -0.4 is 5.32 Å². The fourth-order valence-corrected chi connectivity index (χ4v) is 2.94. The second-order valence-corrected chi connectivity index (χ2v) is 5.40. The van der Waals surface area contributed by atoms with Gasteiger partial charge >= 0.3 is 0 Å². The number of aryl methyl sites for hydroxylation is 1. The van der Waals surface area contributed by atoms with Gasteiger partial charge in [-0.1, -0.05) is 36.4 Å². The summed E-state index contributed by atoms with van der Waals surface area (Å²) >= 11 is 0. The average molecular weight is 252 g/mol. The predicted octanol–water partition coefficient (Wildman–Crippen LogP) is 3.29. The molecular weight excluding hydrogens is 232 g/mol. The van der Waals surface area contributed by atoms with Gasteiger partial charge in [0.25, 0.3) is 0 Å². The lowest BCUT2D eigenvalue weighted by molar-refractivity contribution is 0.445. The Balaban J connectivity index is 1.63. The molecule has 98 valence electrons. The van der Waals surface area contributed by atoms with Gasteiger partial charge < -0.3 is 5.32 Å². The van der Waals surface area contributed by atoms with E-state index >= 15 is 0 Å². The van der Waals surface area contributed by atoms with Crippen LogP contribution in [0.1, 0.15) is 36.2 Å². The van der Waals surface area contributed by atoms with E-state index in [9.17, 15) is 0 Å². The third-order valence-electron chi connectivity index (χ3n) is 3.83. The molecule has 2 heteroatoms. The molecule has 0 fully saturated rings. The number of aromatic nitrogens is 1. The SMILES string of the molecule is CC(Cc1ccccc1)NC1CCc2cccnc21. The van der Waals surface area contributed by atoms with Crippen molar-refractivity contribution in [2.45, 2.75) is 38.3 Å². The Hall–Kier alpha value is -1.67. The number of hydrogen-bond donors (Lipinski definition) is 1. The van der Waals surface area contributed by atoms with Crippen LogP contribution in [0.2, 0.25) is 0 Å². The zero-order valence-corrected chi connectivity index (χ0v) is 11.3. The third-order valence-corrected chi connectivity index (χ3v) is 3.83. The van der Waals surface area contributed by atoms with Crippen molar-refractivity contribution >= 4 is 0 Å². The molecule has 0 spiro atoms. The number of nitrogens with zero attached hydrogens (tertiary/aromatic N) is 1. The van der Waals surface area contributed by atoms with E-state index in [2.05, 4.69) is 53.6 Å². The van der Waals surface area contributed by atoms with Crippen LogP contribution in [0.25, 0.3) is 0 Å². The van der Waals surface area contributed by atoms with Crippen molar-refractivity contribution in [2.75, 3.05) is 0 Å². The predicted molar refractivity (Wildman–Crippen MR) is 78.0 cm³/mol. The highest BCUT2D eigenvalue weighted by Crippen LogP contribution is 2.29. The molecule has 0 bridgehead atoms. The van der Waals surface area contributed by atoms with Crippen molar-refractivity contribution in [1.29, 1.82) is 0 Å². The molecule has 1 aromatic heterocycles. The largest absolute Gasteiger partial charge is 0.306 e. The summed E-state index contributed by atoms with van der Waals surface area (Å²) in [7, 11) is 0. The van der Waals surface area contributed by atoms with Gasteiger partial charge in [0.2, 0.25) is 0 Å². The lowest BCUT2D eigenvalue weighted by Crippen LogP contribution is -2.31. The van der Waals surface area contributed by atoms with E-state index in [-0.39, 0.29) is 0 Å². The quantitative estimate of drug-likeness (QED) is 0.903. The summed E-state index contributed by atoms with van der Waals surface area (Å²) in [6, 6.07) is 15.8. The molecule has 1 N–H and O–H groups in total. The lowest BCUT2D eigenvalue weighted by atomic mass is 10.1. The number of nitrogens with one attached hydrogen (secondary N) is 1. The summed E-state index contributed by atoms with van der Waals surface area (Å²) < 4.78 is 0. The molecule has 2 atom stereocenters. The van der Waals surface area contributed by atoms with Gasteiger partial charge in [0, 0.05) is 12.2 Å². The van der Waals surface area contributed by atoms with Crippen LogP contribution in [-0.2, 0) is 12.8 Å². The van der Waals surface area contributed by atoms with E-state index in [0.717, 1.165) is 12.8 Å². The Morgan fingerprint density at radius 3 is 2.89 bits per heavy atom. The van der Waals surface area contributed by atoms with Crippen LogP contribution in [0.3, 0.4) is 0 Å². The molecule has 0 amide bonds. The van der Waals surface area contributed by atoms with Crippen LogP contribution >= 0.6 is 0 Å². The van der Waals surface area contributed by atoms with Crippen LogP contribution in [0.15, 0.2) is 48.7 Å². The monoisotopic (exact) mass is 252 g/mol. The summed E-state index contributed by atoms with van der Waals surface area (Å²) in [5.74, 6) is 0. The Labute approximate surface area is 114 Å². The maximum absolute atomic E-state index is 4.54. The third kappa shape index (κ3) is 2.85. The summed E-state index contributed by atoms with van der Waals surface area (Å²) in [6.07, 6.45) is 5.30. The highest BCUT2D eigenvalue weighted by molar-refractivity contribution is 5.28. The normalized spacial score (nSPS) is 19.1. The van der Waals surface area contributed by atoms with Crippen molar-refractivity contribution in [2.24, 2.45) is 0 Å². The standard InChI is InChI=1S/C17H20N2/c1-13(12-14-6-3-2-4-7-14)19-16-10-9-15-8-5-11-18-17(15)16/h2-8,11,13,16,19H,9-10,12H2,1H3. The van der Waals surface area contributed by atoms with Gasteiger partial charge in [-0.25, -0.2) is 0 Å². The van der Waals surface area contributed by atoms with Gasteiger partial charge in [-0.05, 0) is 43.4 Å². The van der Waals surface area contributed by atoms with Gasteiger partial charge in [-0.3, -0.25) is 4.98 Å². The highest BCUT2D eigenvalue weighted by atomic mass is 15.0. The minimum absolute atomic E-state index is 0.426. The Bertz CT molecular complexity index is 536. The molecule has 1 heterocycles. The Morgan fingerprint density at radius 1 is 1.21 bits per heavy atom. The molecular formula is C17H20N2. The van der Waals surface area contributed by atoms with Crippen LogP contribution in [-0.4, -0.2) is 11.0 Å². The maximum Gasteiger partial charge on any atom is 0.0605 e. The van der Waals surface area contributed by atoms with Crippen molar-refractivity contribution in [3.05, 3.63) is 65.5 Å². The number of hydrogen-bond acceptors (Lipinski definition) is 2. The van der Waals surface area contributed by atoms with Crippen molar-refractivity contribution < 1.29 is 0 Å². The minimum Gasteiger partial charge on any atom is -0.306 e. The molecule has 1 aliphatic carbocycles. The molecule has 1 aromatic carbocycles. The average Bonchev–Trinajstić information content (AvgIpc) is 2.83. The summed E-state index contributed by atoms with van der Waals surface area (Å²) in [6.45, 7) is 2.26. The molecule has 2 unspecified atom stereocenters. The van der Waals surface area contributed by atoms with E-state index in [4.69, 9.17) is 0 Å². The second kappa shape index (κ2) is 5.54.